The highest BCUT2D eigenvalue weighted by Crippen LogP contribution is 2.44. The second-order valence-electron chi connectivity index (χ2n) is 7.36. The molecule has 0 spiro atoms. The van der Waals surface area contributed by atoms with Gasteiger partial charge in [0, 0.05) is 33.4 Å². The molecule has 4 aromatic rings. The summed E-state index contributed by atoms with van der Waals surface area (Å²) in [6.45, 7) is 1.80. The van der Waals surface area contributed by atoms with Gasteiger partial charge in [0.15, 0.2) is 0 Å². The summed E-state index contributed by atoms with van der Waals surface area (Å²) < 4.78 is 5.59. The zero-order chi connectivity index (χ0) is 21.7. The lowest BCUT2D eigenvalue weighted by Crippen LogP contribution is -2.29. The third-order valence-electron chi connectivity index (χ3n) is 5.52. The van der Waals surface area contributed by atoms with Gasteiger partial charge in [0.05, 0.1) is 11.8 Å². The summed E-state index contributed by atoms with van der Waals surface area (Å²) >= 11 is 6.09. The number of benzene rings is 2. The van der Waals surface area contributed by atoms with Gasteiger partial charge in [0.1, 0.15) is 17.6 Å². The number of aromatic nitrogens is 1. The lowest BCUT2D eigenvalue weighted by molar-refractivity contribution is -0.132. The van der Waals surface area contributed by atoms with Crippen LogP contribution in [0.25, 0.3) is 16.7 Å². The first-order chi connectivity index (χ1) is 15.0. The van der Waals surface area contributed by atoms with Gasteiger partial charge in [-0.05, 0) is 48.9 Å². The third-order valence-corrected chi connectivity index (χ3v) is 5.75. The fourth-order valence-corrected chi connectivity index (χ4v) is 4.33. The van der Waals surface area contributed by atoms with Crippen LogP contribution < -0.4 is 4.90 Å². The van der Waals surface area contributed by atoms with E-state index >= 15 is 0 Å². The molecule has 2 aromatic heterocycles. The maximum atomic E-state index is 13.2. The summed E-state index contributed by atoms with van der Waals surface area (Å²) in [4.78, 5) is 30.7. The molecule has 0 bridgehead atoms. The molecule has 1 saturated heterocycles. The Labute approximate surface area is 182 Å². The van der Waals surface area contributed by atoms with Crippen LogP contribution in [0, 0.1) is 6.92 Å². The highest BCUT2D eigenvalue weighted by Gasteiger charge is 2.48. The Bertz CT molecular complexity index is 1370. The van der Waals surface area contributed by atoms with Crippen molar-refractivity contribution in [1.29, 1.82) is 0 Å². The first-order valence-electron chi connectivity index (χ1n) is 9.64. The molecule has 1 fully saturated rings. The van der Waals surface area contributed by atoms with Gasteiger partial charge in [-0.2, -0.15) is 0 Å². The standard InChI is InChI=1S/C24H17ClN2O4/c1-13-11-14(25)8-9-18(13)27-21(19-7-4-10-31-19)20(23(29)24(27)30)22(28)16-12-26-17-6-3-2-5-15(16)17/h2-12,21,26,28H,1H3/b22-20-. The average Bonchev–Trinajstić information content (AvgIpc) is 3.48. The second kappa shape index (κ2) is 7.18. The number of amides is 1. The van der Waals surface area contributed by atoms with Gasteiger partial charge in [-0.25, -0.2) is 0 Å². The van der Waals surface area contributed by atoms with Crippen LogP contribution >= 0.6 is 11.6 Å². The molecule has 6 nitrogen and oxygen atoms in total. The Balaban J connectivity index is 1.76. The van der Waals surface area contributed by atoms with Crippen LogP contribution in [0.15, 0.2) is 77.0 Å². The van der Waals surface area contributed by atoms with E-state index in [1.165, 1.54) is 11.2 Å². The summed E-state index contributed by atoms with van der Waals surface area (Å²) in [5, 5.41) is 12.5. The number of anilines is 1. The van der Waals surface area contributed by atoms with E-state index in [9.17, 15) is 14.7 Å². The molecule has 2 N–H and O–H groups in total. The van der Waals surface area contributed by atoms with Crippen LogP contribution in [0.1, 0.15) is 22.9 Å². The lowest BCUT2D eigenvalue weighted by Gasteiger charge is -2.25. The Morgan fingerprint density at radius 1 is 1.13 bits per heavy atom. The smallest absolute Gasteiger partial charge is 0.300 e. The molecular formula is C24H17ClN2O4. The second-order valence-corrected chi connectivity index (χ2v) is 7.80. The first-order valence-corrected chi connectivity index (χ1v) is 10.0. The monoisotopic (exact) mass is 432 g/mol. The summed E-state index contributed by atoms with van der Waals surface area (Å²) in [5.41, 5.74) is 2.46. The normalized spacial score (nSPS) is 18.3. The van der Waals surface area contributed by atoms with Gasteiger partial charge in [0.25, 0.3) is 11.7 Å². The number of H-pyrrole nitrogens is 1. The number of nitrogens with zero attached hydrogens (tertiary/aromatic N) is 1. The Morgan fingerprint density at radius 2 is 1.94 bits per heavy atom. The molecule has 0 radical (unpaired) electrons. The van der Waals surface area contributed by atoms with Gasteiger partial charge >= 0.3 is 0 Å². The van der Waals surface area contributed by atoms with E-state index in [0.717, 1.165) is 16.5 Å². The lowest BCUT2D eigenvalue weighted by atomic mass is 9.98. The molecule has 2 aromatic carbocycles. The molecule has 7 heteroatoms. The number of ketones is 1. The van der Waals surface area contributed by atoms with E-state index in [1.54, 1.807) is 43.5 Å². The van der Waals surface area contributed by atoms with E-state index in [4.69, 9.17) is 16.0 Å². The predicted molar refractivity (Wildman–Crippen MR) is 118 cm³/mol. The molecule has 31 heavy (non-hydrogen) atoms. The summed E-state index contributed by atoms with van der Waals surface area (Å²) in [5.74, 6) is -1.41. The van der Waals surface area contributed by atoms with Gasteiger partial charge in [0.2, 0.25) is 0 Å². The number of para-hydroxylation sites is 1. The van der Waals surface area contributed by atoms with Crippen LogP contribution in [-0.2, 0) is 9.59 Å². The fourth-order valence-electron chi connectivity index (χ4n) is 4.10. The van der Waals surface area contributed by atoms with E-state index in [0.29, 0.717) is 22.0 Å². The number of hydrogen-bond donors (Lipinski definition) is 2. The number of hydrogen-bond acceptors (Lipinski definition) is 4. The maximum absolute atomic E-state index is 13.2. The van der Waals surface area contributed by atoms with Crippen molar-refractivity contribution in [1.82, 2.24) is 4.98 Å². The molecule has 3 heterocycles. The number of rotatable bonds is 3. The molecule has 1 aliphatic rings. The molecule has 1 atom stereocenters. The Kier molecular flexibility index (Phi) is 4.45. The number of fused-ring (bicyclic) bond motifs is 1. The van der Waals surface area contributed by atoms with Gasteiger partial charge in [-0.3, -0.25) is 14.5 Å². The van der Waals surface area contributed by atoms with E-state index in [2.05, 4.69) is 4.98 Å². The Hall–Kier alpha value is -3.77. The van der Waals surface area contributed by atoms with Crippen LogP contribution in [0.4, 0.5) is 5.69 Å². The van der Waals surface area contributed by atoms with Gasteiger partial charge in [-0.1, -0.05) is 29.8 Å². The first kappa shape index (κ1) is 19.2. The summed E-state index contributed by atoms with van der Waals surface area (Å²) in [7, 11) is 0. The Morgan fingerprint density at radius 3 is 2.68 bits per heavy atom. The molecular weight excluding hydrogens is 416 g/mol. The van der Waals surface area contributed by atoms with Crippen LogP contribution in [-0.4, -0.2) is 21.8 Å². The SMILES string of the molecule is Cc1cc(Cl)ccc1N1C(=O)C(=O)/C(=C(\O)c2c[nH]c3ccccc23)C1c1ccco1. The van der Waals surface area contributed by atoms with Crippen molar-refractivity contribution in [2.24, 2.45) is 0 Å². The number of carbonyl (C=O) groups excluding carboxylic acids is 2. The number of halogens is 1. The quantitative estimate of drug-likeness (QED) is 0.259. The van der Waals surface area contributed by atoms with Crippen molar-refractivity contribution in [3.05, 3.63) is 94.5 Å². The largest absolute Gasteiger partial charge is 0.507 e. The minimum Gasteiger partial charge on any atom is -0.507 e. The number of aliphatic hydroxyl groups is 1. The minimum atomic E-state index is -0.913. The van der Waals surface area contributed by atoms with Gasteiger partial charge < -0.3 is 14.5 Å². The maximum Gasteiger partial charge on any atom is 0.300 e. The van der Waals surface area contributed by atoms with Crippen LogP contribution in [0.3, 0.4) is 0 Å². The van der Waals surface area contributed by atoms with Crippen molar-refractivity contribution in [3.63, 3.8) is 0 Å². The highest BCUT2D eigenvalue weighted by atomic mass is 35.5. The molecule has 0 saturated carbocycles. The number of nitrogens with one attached hydrogen (secondary N) is 1. The van der Waals surface area contributed by atoms with Crippen molar-refractivity contribution in [2.45, 2.75) is 13.0 Å². The van der Waals surface area contributed by atoms with Crippen molar-refractivity contribution < 1.29 is 19.1 Å². The van der Waals surface area contributed by atoms with Crippen LogP contribution in [0.5, 0.6) is 0 Å². The topological polar surface area (TPSA) is 86.5 Å². The number of Topliss-reactive ketones (excluding diaryl/α,β-unsaturated/α-hetero) is 1. The van der Waals surface area contributed by atoms with Crippen molar-refractivity contribution in [3.8, 4) is 0 Å². The number of aliphatic hydroxyl groups excluding tert-OH is 1. The fraction of sp³-hybridized carbons (Fsp3) is 0.0833. The number of carbonyl (C=O) groups is 2. The summed E-state index contributed by atoms with van der Waals surface area (Å²) in [6.07, 6.45) is 3.09. The zero-order valence-electron chi connectivity index (χ0n) is 16.4. The predicted octanol–water partition coefficient (Wildman–Crippen LogP) is 5.35. The number of aryl methyl sites for hydroxylation is 1. The molecule has 1 unspecified atom stereocenters. The third kappa shape index (κ3) is 2.95. The summed E-state index contributed by atoms with van der Waals surface area (Å²) in [6, 6.07) is 14.9. The van der Waals surface area contributed by atoms with Crippen LogP contribution in [0.2, 0.25) is 5.02 Å². The molecule has 0 aliphatic carbocycles. The average molecular weight is 433 g/mol. The van der Waals surface area contributed by atoms with Crippen molar-refractivity contribution >= 4 is 45.6 Å². The number of furan rings is 1. The minimum absolute atomic E-state index is 0.0287. The molecule has 154 valence electrons. The number of aromatic amines is 1. The zero-order valence-corrected chi connectivity index (χ0v) is 17.2. The van der Waals surface area contributed by atoms with Gasteiger partial charge in [-0.15, -0.1) is 0 Å². The van der Waals surface area contributed by atoms with E-state index in [1.807, 2.05) is 24.3 Å². The van der Waals surface area contributed by atoms with Crippen molar-refractivity contribution in [2.75, 3.05) is 4.90 Å². The molecule has 1 aliphatic heterocycles. The highest BCUT2D eigenvalue weighted by molar-refractivity contribution is 6.52. The molecule has 5 rings (SSSR count). The molecule has 1 amide bonds. The van der Waals surface area contributed by atoms with E-state index in [-0.39, 0.29) is 11.3 Å². The van der Waals surface area contributed by atoms with E-state index < -0.39 is 17.7 Å².